The van der Waals surface area contributed by atoms with E-state index in [1.807, 2.05) is 39.0 Å². The summed E-state index contributed by atoms with van der Waals surface area (Å²) in [5.74, 6) is 0.745. The van der Waals surface area contributed by atoms with Crippen molar-refractivity contribution in [2.75, 3.05) is 7.11 Å². The van der Waals surface area contributed by atoms with Gasteiger partial charge in [-0.05, 0) is 24.6 Å². The standard InChI is InChI=1S/C16H20N2O3S/c1-9(15-10(2)8-14(19)17-18-15)7-12-5-6-13(22-20)11(3)16(12)21-4/h5-7,10-11H,8H2,1-4H3,(H,17,19). The average Bonchev–Trinajstić information content (AvgIpc) is 2.47. The van der Waals surface area contributed by atoms with E-state index in [4.69, 9.17) is 4.74 Å². The molecule has 0 bridgehead atoms. The van der Waals surface area contributed by atoms with E-state index in [1.165, 1.54) is 0 Å². The first-order valence-electron chi connectivity index (χ1n) is 7.16. The van der Waals surface area contributed by atoms with Crippen LogP contribution in [0.2, 0.25) is 0 Å². The molecule has 6 heteroatoms. The molecule has 2 unspecified atom stereocenters. The number of hydrogen-bond donors (Lipinski definition) is 1. The summed E-state index contributed by atoms with van der Waals surface area (Å²) in [6.07, 6.45) is 6.15. The number of allylic oxidation sites excluding steroid dienone is 6. The quantitative estimate of drug-likeness (QED) is 0.808. The normalized spacial score (nSPS) is 25.8. The fraction of sp³-hybridized carbons (Fsp3) is 0.438. The molecule has 1 N–H and O–H groups in total. The Kier molecular flexibility index (Phi) is 5.13. The molecule has 0 saturated carbocycles. The highest BCUT2D eigenvalue weighted by Crippen LogP contribution is 2.26. The number of ether oxygens (including phenoxy) is 1. The van der Waals surface area contributed by atoms with E-state index in [1.54, 1.807) is 7.11 Å². The van der Waals surface area contributed by atoms with Crippen LogP contribution in [0.25, 0.3) is 0 Å². The van der Waals surface area contributed by atoms with Crippen LogP contribution >= 0.6 is 0 Å². The van der Waals surface area contributed by atoms with Crippen LogP contribution in [0.4, 0.5) is 0 Å². The number of hydrogen-bond acceptors (Lipinski definition) is 4. The van der Waals surface area contributed by atoms with Gasteiger partial charge in [0.15, 0.2) is 0 Å². The largest absolute Gasteiger partial charge is 0.500 e. The molecule has 0 radical (unpaired) electrons. The van der Waals surface area contributed by atoms with Crippen LogP contribution in [0.15, 0.2) is 40.2 Å². The highest BCUT2D eigenvalue weighted by atomic mass is 32.1. The zero-order valence-electron chi connectivity index (χ0n) is 13.2. The maximum atomic E-state index is 11.3. The summed E-state index contributed by atoms with van der Waals surface area (Å²) >= 11 is 0.496. The number of hydrazone groups is 1. The van der Waals surface area contributed by atoms with E-state index in [0.29, 0.717) is 17.7 Å². The highest BCUT2D eigenvalue weighted by molar-refractivity contribution is 7.67. The van der Waals surface area contributed by atoms with E-state index in [-0.39, 0.29) is 17.7 Å². The second-order valence-electron chi connectivity index (χ2n) is 5.53. The third kappa shape index (κ3) is 3.27. The Morgan fingerprint density at radius 1 is 1.45 bits per heavy atom. The number of methoxy groups -OCH3 is 1. The lowest BCUT2D eigenvalue weighted by molar-refractivity contribution is -0.121. The highest BCUT2D eigenvalue weighted by Gasteiger charge is 2.24. The summed E-state index contributed by atoms with van der Waals surface area (Å²) in [5, 5.41) is 4.16. The maximum absolute atomic E-state index is 11.3. The van der Waals surface area contributed by atoms with Crippen molar-refractivity contribution < 1.29 is 13.7 Å². The van der Waals surface area contributed by atoms with Gasteiger partial charge in [0.25, 0.3) is 0 Å². The summed E-state index contributed by atoms with van der Waals surface area (Å²) in [4.78, 5) is 12.1. The first-order chi connectivity index (χ1) is 10.5. The van der Waals surface area contributed by atoms with Crippen LogP contribution in [0.1, 0.15) is 27.2 Å². The topological polar surface area (TPSA) is 67.8 Å². The van der Waals surface area contributed by atoms with Crippen molar-refractivity contribution in [1.29, 1.82) is 0 Å². The number of nitrogens with one attached hydrogen (secondary N) is 1. The van der Waals surface area contributed by atoms with Crippen molar-refractivity contribution in [1.82, 2.24) is 5.43 Å². The lowest BCUT2D eigenvalue weighted by Gasteiger charge is -2.22. The van der Waals surface area contributed by atoms with Gasteiger partial charge in [-0.15, -0.1) is 0 Å². The molecule has 0 spiro atoms. The van der Waals surface area contributed by atoms with Crippen molar-refractivity contribution in [2.45, 2.75) is 27.2 Å². The molecule has 5 nitrogen and oxygen atoms in total. The molecule has 0 aromatic rings. The molecular weight excluding hydrogens is 300 g/mol. The Morgan fingerprint density at radius 3 is 2.77 bits per heavy atom. The minimum atomic E-state index is -0.0567. The minimum absolute atomic E-state index is 0.0537. The molecule has 2 atom stereocenters. The maximum Gasteiger partial charge on any atom is 0.240 e. The van der Waals surface area contributed by atoms with Crippen LogP contribution in [-0.4, -0.2) is 27.8 Å². The van der Waals surface area contributed by atoms with Crippen molar-refractivity contribution in [3.05, 3.63) is 35.1 Å². The first-order valence-corrected chi connectivity index (χ1v) is 7.90. The zero-order chi connectivity index (χ0) is 16.3. The molecule has 1 aliphatic carbocycles. The summed E-state index contributed by atoms with van der Waals surface area (Å²) in [6, 6.07) is 0. The molecule has 0 saturated heterocycles. The molecule has 2 rings (SSSR count). The van der Waals surface area contributed by atoms with E-state index in [0.717, 1.165) is 27.5 Å². The lowest BCUT2D eigenvalue weighted by Crippen LogP contribution is -2.32. The van der Waals surface area contributed by atoms with Gasteiger partial charge >= 0.3 is 0 Å². The first kappa shape index (κ1) is 16.4. The smallest absolute Gasteiger partial charge is 0.240 e. The van der Waals surface area contributed by atoms with Crippen molar-refractivity contribution in [3.63, 3.8) is 0 Å². The fourth-order valence-corrected chi connectivity index (χ4v) is 3.10. The van der Waals surface area contributed by atoms with Crippen LogP contribution in [-0.2, 0) is 20.8 Å². The molecule has 1 aliphatic heterocycles. The Labute approximate surface area is 133 Å². The van der Waals surface area contributed by atoms with Crippen molar-refractivity contribution in [2.24, 2.45) is 16.9 Å². The SMILES string of the molecule is COC1=C(C=C(C)C2=NNC(=O)CC2C)C=CC(=S=O)C1C. The van der Waals surface area contributed by atoms with Crippen molar-refractivity contribution >= 4 is 27.7 Å². The molecular formula is C16H20N2O3S. The van der Waals surface area contributed by atoms with Gasteiger partial charge in [-0.25, -0.2) is 9.63 Å². The lowest BCUT2D eigenvalue weighted by atomic mass is 9.90. The van der Waals surface area contributed by atoms with Crippen LogP contribution in [0.3, 0.4) is 0 Å². The van der Waals surface area contributed by atoms with E-state index in [9.17, 15) is 9.00 Å². The average molecular weight is 320 g/mol. The van der Waals surface area contributed by atoms with Gasteiger partial charge in [0, 0.05) is 17.9 Å². The van der Waals surface area contributed by atoms with E-state index < -0.39 is 0 Å². The Morgan fingerprint density at radius 2 is 2.18 bits per heavy atom. The summed E-state index contributed by atoms with van der Waals surface area (Å²) in [7, 11) is 1.61. The Bertz CT molecular complexity index is 667. The van der Waals surface area contributed by atoms with Crippen LogP contribution in [0, 0.1) is 11.8 Å². The van der Waals surface area contributed by atoms with Gasteiger partial charge in [0.05, 0.1) is 34.9 Å². The minimum Gasteiger partial charge on any atom is -0.500 e. The molecule has 22 heavy (non-hydrogen) atoms. The molecule has 0 fully saturated rings. The number of carbonyl (C=O) groups is 1. The van der Waals surface area contributed by atoms with Crippen molar-refractivity contribution in [3.8, 4) is 0 Å². The Hall–Kier alpha value is -1.95. The van der Waals surface area contributed by atoms with Gasteiger partial charge in [0.2, 0.25) is 5.91 Å². The number of carbonyl (C=O) groups excluding carboxylic acids is 1. The predicted molar refractivity (Wildman–Crippen MR) is 88.6 cm³/mol. The van der Waals surface area contributed by atoms with Gasteiger partial charge in [-0.1, -0.05) is 19.9 Å². The molecule has 1 amide bonds. The predicted octanol–water partition coefficient (Wildman–Crippen LogP) is 1.94. The zero-order valence-corrected chi connectivity index (χ0v) is 14.0. The monoisotopic (exact) mass is 320 g/mol. The summed E-state index contributed by atoms with van der Waals surface area (Å²) in [6.45, 7) is 5.90. The molecule has 2 aliphatic rings. The fourth-order valence-electron chi connectivity index (χ4n) is 2.73. The number of rotatable bonds is 3. The van der Waals surface area contributed by atoms with Gasteiger partial charge in [-0.2, -0.15) is 5.10 Å². The van der Waals surface area contributed by atoms with Gasteiger partial charge in [0.1, 0.15) is 5.76 Å². The van der Waals surface area contributed by atoms with E-state index in [2.05, 4.69) is 10.5 Å². The number of nitrogens with zero attached hydrogens (tertiary/aromatic N) is 1. The van der Waals surface area contributed by atoms with Gasteiger partial charge < -0.3 is 4.74 Å². The summed E-state index contributed by atoms with van der Waals surface area (Å²) in [5.41, 5.74) is 5.30. The molecule has 0 aromatic heterocycles. The Balaban J connectivity index is 2.37. The molecule has 118 valence electrons. The van der Waals surface area contributed by atoms with Gasteiger partial charge in [-0.3, -0.25) is 4.79 Å². The van der Waals surface area contributed by atoms with E-state index >= 15 is 0 Å². The molecule has 0 aromatic carbocycles. The second-order valence-corrected chi connectivity index (χ2v) is 6.17. The molecule has 1 heterocycles. The van der Waals surface area contributed by atoms with Crippen LogP contribution < -0.4 is 5.43 Å². The second kappa shape index (κ2) is 6.87. The third-order valence-electron chi connectivity index (χ3n) is 3.88. The third-order valence-corrected chi connectivity index (χ3v) is 4.57. The number of amides is 1. The summed E-state index contributed by atoms with van der Waals surface area (Å²) < 4.78 is 16.6. The van der Waals surface area contributed by atoms with Crippen LogP contribution in [0.5, 0.6) is 0 Å².